The van der Waals surface area contributed by atoms with Crippen molar-refractivity contribution in [1.29, 1.82) is 0 Å². The summed E-state index contributed by atoms with van der Waals surface area (Å²) in [6, 6.07) is 1.61. The molecule has 2 aliphatic heterocycles. The number of morpholine rings is 1. The van der Waals surface area contributed by atoms with Gasteiger partial charge in [-0.05, 0) is 17.9 Å². The van der Waals surface area contributed by atoms with E-state index in [2.05, 4.69) is 5.32 Å². The molecule has 1 aromatic rings. The maximum atomic E-state index is 12.5. The van der Waals surface area contributed by atoms with Crippen LogP contribution >= 0.6 is 23.7 Å². The van der Waals surface area contributed by atoms with Crippen molar-refractivity contribution in [3.8, 4) is 0 Å². The first kappa shape index (κ1) is 18.2. The SMILES string of the molecule is Cl.O=C(c1ccsc1)N1CCCN(C(=O)C2COCCN2)CC1. The lowest BCUT2D eigenvalue weighted by molar-refractivity contribution is -0.136. The van der Waals surface area contributed by atoms with Crippen LogP contribution in [0.15, 0.2) is 16.8 Å². The molecule has 0 aromatic carbocycles. The summed E-state index contributed by atoms with van der Waals surface area (Å²) < 4.78 is 5.36. The van der Waals surface area contributed by atoms with Gasteiger partial charge in [-0.3, -0.25) is 9.59 Å². The van der Waals surface area contributed by atoms with E-state index in [-0.39, 0.29) is 30.3 Å². The van der Waals surface area contributed by atoms with Gasteiger partial charge in [0.25, 0.3) is 5.91 Å². The lowest BCUT2D eigenvalue weighted by Crippen LogP contribution is -2.53. The fraction of sp³-hybridized carbons (Fsp3) is 0.600. The predicted octanol–water partition coefficient (Wildman–Crippen LogP) is 0.833. The van der Waals surface area contributed by atoms with E-state index in [1.807, 2.05) is 26.6 Å². The van der Waals surface area contributed by atoms with Crippen molar-refractivity contribution < 1.29 is 14.3 Å². The number of halogens is 1. The summed E-state index contributed by atoms with van der Waals surface area (Å²) in [6.07, 6.45) is 0.815. The van der Waals surface area contributed by atoms with Gasteiger partial charge >= 0.3 is 0 Å². The van der Waals surface area contributed by atoms with E-state index >= 15 is 0 Å². The summed E-state index contributed by atoms with van der Waals surface area (Å²) in [4.78, 5) is 28.6. The Morgan fingerprint density at radius 2 is 2.00 bits per heavy atom. The minimum Gasteiger partial charge on any atom is -0.378 e. The van der Waals surface area contributed by atoms with Gasteiger partial charge in [-0.1, -0.05) is 0 Å². The third-order valence-electron chi connectivity index (χ3n) is 4.08. The number of nitrogens with zero attached hydrogens (tertiary/aromatic N) is 2. The van der Waals surface area contributed by atoms with Gasteiger partial charge < -0.3 is 19.9 Å². The standard InChI is InChI=1S/C15H21N3O3S.ClH/c19-14(12-2-9-22-11-12)17-4-1-5-18(7-6-17)15(20)13-10-21-8-3-16-13;/h2,9,11,13,16H,1,3-8,10H2;1H. The highest BCUT2D eigenvalue weighted by Crippen LogP contribution is 2.13. The second-order valence-electron chi connectivity index (χ2n) is 5.56. The fourth-order valence-corrected chi connectivity index (χ4v) is 3.48. The molecule has 0 bridgehead atoms. The number of amides is 2. The van der Waals surface area contributed by atoms with Crippen molar-refractivity contribution in [1.82, 2.24) is 15.1 Å². The molecule has 0 spiro atoms. The number of carbonyl (C=O) groups excluding carboxylic acids is 2. The minimum atomic E-state index is -0.243. The minimum absolute atomic E-state index is 0. The van der Waals surface area contributed by atoms with Crippen molar-refractivity contribution in [2.45, 2.75) is 12.5 Å². The van der Waals surface area contributed by atoms with Crippen LogP contribution in [0.4, 0.5) is 0 Å². The molecule has 0 radical (unpaired) electrons. The number of thiophene rings is 1. The van der Waals surface area contributed by atoms with E-state index in [9.17, 15) is 9.59 Å². The van der Waals surface area contributed by atoms with E-state index in [1.165, 1.54) is 11.3 Å². The Kier molecular flexibility index (Phi) is 6.83. The van der Waals surface area contributed by atoms with Gasteiger partial charge in [0.05, 0.1) is 18.8 Å². The Balaban J connectivity index is 0.00000192. The van der Waals surface area contributed by atoms with Crippen LogP contribution in [0.5, 0.6) is 0 Å². The molecule has 1 aromatic heterocycles. The lowest BCUT2D eigenvalue weighted by Gasteiger charge is -2.29. The highest BCUT2D eigenvalue weighted by atomic mass is 35.5. The monoisotopic (exact) mass is 359 g/mol. The molecular formula is C15H22ClN3O3S. The number of hydrogen-bond acceptors (Lipinski definition) is 5. The largest absolute Gasteiger partial charge is 0.378 e. The highest BCUT2D eigenvalue weighted by Gasteiger charge is 2.28. The third kappa shape index (κ3) is 4.44. The molecule has 1 unspecified atom stereocenters. The maximum absolute atomic E-state index is 12.5. The number of ether oxygens (including phenoxy) is 1. The summed E-state index contributed by atoms with van der Waals surface area (Å²) in [7, 11) is 0. The van der Waals surface area contributed by atoms with Crippen molar-refractivity contribution in [3.63, 3.8) is 0 Å². The Hall–Kier alpha value is -1.15. The average molecular weight is 360 g/mol. The average Bonchev–Trinajstić information content (AvgIpc) is 2.99. The molecule has 3 rings (SSSR count). The fourth-order valence-electron chi connectivity index (χ4n) is 2.85. The molecule has 2 saturated heterocycles. The predicted molar refractivity (Wildman–Crippen MR) is 91.3 cm³/mol. The highest BCUT2D eigenvalue weighted by molar-refractivity contribution is 7.08. The maximum Gasteiger partial charge on any atom is 0.254 e. The summed E-state index contributed by atoms with van der Waals surface area (Å²) >= 11 is 1.53. The molecule has 2 fully saturated rings. The first-order valence-corrected chi connectivity index (χ1v) is 8.61. The van der Waals surface area contributed by atoms with E-state index in [0.717, 1.165) is 12.0 Å². The summed E-state index contributed by atoms with van der Waals surface area (Å²) in [5.41, 5.74) is 0.743. The molecule has 1 N–H and O–H groups in total. The van der Waals surface area contributed by atoms with Crippen molar-refractivity contribution in [3.05, 3.63) is 22.4 Å². The van der Waals surface area contributed by atoms with Gasteiger partial charge in [0.15, 0.2) is 0 Å². The van der Waals surface area contributed by atoms with Crippen LogP contribution in [0, 0.1) is 0 Å². The van der Waals surface area contributed by atoms with E-state index in [4.69, 9.17) is 4.74 Å². The van der Waals surface area contributed by atoms with Crippen LogP contribution < -0.4 is 5.32 Å². The number of hydrogen-bond donors (Lipinski definition) is 1. The van der Waals surface area contributed by atoms with Crippen molar-refractivity contribution >= 4 is 35.6 Å². The zero-order valence-corrected chi connectivity index (χ0v) is 14.5. The topological polar surface area (TPSA) is 61.9 Å². The van der Waals surface area contributed by atoms with Crippen LogP contribution in [0.2, 0.25) is 0 Å². The Morgan fingerprint density at radius 1 is 1.22 bits per heavy atom. The molecule has 0 aliphatic carbocycles. The lowest BCUT2D eigenvalue weighted by atomic mass is 10.2. The Labute approximate surface area is 146 Å². The molecule has 2 aliphatic rings. The molecule has 0 saturated carbocycles. The van der Waals surface area contributed by atoms with Gasteiger partial charge in [0.1, 0.15) is 6.04 Å². The van der Waals surface area contributed by atoms with Gasteiger partial charge in [0.2, 0.25) is 5.91 Å². The summed E-state index contributed by atoms with van der Waals surface area (Å²) in [6.45, 7) is 4.39. The van der Waals surface area contributed by atoms with Gasteiger partial charge in [-0.2, -0.15) is 11.3 Å². The molecule has 3 heterocycles. The van der Waals surface area contributed by atoms with Crippen LogP contribution in [-0.2, 0) is 9.53 Å². The van der Waals surface area contributed by atoms with Crippen LogP contribution in [0.3, 0.4) is 0 Å². The second-order valence-corrected chi connectivity index (χ2v) is 6.34. The zero-order valence-electron chi connectivity index (χ0n) is 12.9. The number of nitrogens with one attached hydrogen (secondary N) is 1. The molecular weight excluding hydrogens is 338 g/mol. The quantitative estimate of drug-likeness (QED) is 0.849. The summed E-state index contributed by atoms with van der Waals surface area (Å²) in [5, 5.41) is 6.98. The first-order valence-electron chi connectivity index (χ1n) is 7.67. The van der Waals surface area contributed by atoms with E-state index < -0.39 is 0 Å². The Bertz CT molecular complexity index is 520. The molecule has 2 amide bonds. The van der Waals surface area contributed by atoms with Gasteiger partial charge in [0, 0.05) is 38.1 Å². The number of carbonyl (C=O) groups is 2. The van der Waals surface area contributed by atoms with Crippen molar-refractivity contribution in [2.24, 2.45) is 0 Å². The summed E-state index contributed by atoms with van der Waals surface area (Å²) in [5.74, 6) is 0.152. The molecule has 6 nitrogen and oxygen atoms in total. The normalized spacial score (nSPS) is 22.2. The number of rotatable bonds is 2. The van der Waals surface area contributed by atoms with Crippen LogP contribution in [-0.4, -0.2) is 73.6 Å². The third-order valence-corrected chi connectivity index (χ3v) is 4.77. The van der Waals surface area contributed by atoms with E-state index in [1.54, 1.807) is 0 Å². The van der Waals surface area contributed by atoms with Gasteiger partial charge in [-0.15, -0.1) is 12.4 Å². The Morgan fingerprint density at radius 3 is 2.70 bits per heavy atom. The van der Waals surface area contributed by atoms with Crippen LogP contribution in [0.25, 0.3) is 0 Å². The molecule has 1 atom stereocenters. The van der Waals surface area contributed by atoms with Crippen LogP contribution in [0.1, 0.15) is 16.8 Å². The van der Waals surface area contributed by atoms with E-state index in [0.29, 0.717) is 45.9 Å². The molecule has 8 heteroatoms. The zero-order chi connectivity index (χ0) is 15.4. The van der Waals surface area contributed by atoms with Crippen molar-refractivity contribution in [2.75, 3.05) is 45.9 Å². The van der Waals surface area contributed by atoms with Gasteiger partial charge in [-0.25, -0.2) is 0 Å². The molecule has 23 heavy (non-hydrogen) atoms. The molecule has 128 valence electrons. The second kappa shape index (κ2) is 8.63. The smallest absolute Gasteiger partial charge is 0.254 e. The first-order chi connectivity index (χ1) is 10.8.